The Morgan fingerprint density at radius 1 is 1.42 bits per heavy atom. The predicted molar refractivity (Wildman–Crippen MR) is 81.9 cm³/mol. The molecule has 0 atom stereocenters. The summed E-state index contributed by atoms with van der Waals surface area (Å²) in [6, 6.07) is 6.22. The molecule has 0 fully saturated rings. The van der Waals surface area contributed by atoms with E-state index in [1.165, 1.54) is 5.56 Å². The fourth-order valence-corrected chi connectivity index (χ4v) is 3.49. The normalized spacial score (nSPS) is 14.6. The molecule has 1 amide bonds. The van der Waals surface area contributed by atoms with Crippen molar-refractivity contribution in [3.8, 4) is 11.3 Å². The Hall–Kier alpha value is -1.20. The van der Waals surface area contributed by atoms with Gasteiger partial charge in [0.05, 0.1) is 11.0 Å². The van der Waals surface area contributed by atoms with Gasteiger partial charge in [-0.1, -0.05) is 22.0 Å². The van der Waals surface area contributed by atoms with Crippen molar-refractivity contribution < 1.29 is 4.79 Å². The quantitative estimate of drug-likeness (QED) is 0.785. The summed E-state index contributed by atoms with van der Waals surface area (Å²) >= 11 is 5.08. The van der Waals surface area contributed by atoms with E-state index in [0.717, 1.165) is 33.7 Å². The third-order valence-electron chi connectivity index (χ3n) is 3.38. The number of hydrogen-bond acceptors (Lipinski definition) is 3. The lowest BCUT2D eigenvalue weighted by Crippen LogP contribution is -2.30. The van der Waals surface area contributed by atoms with Crippen LogP contribution in [-0.2, 0) is 16.5 Å². The van der Waals surface area contributed by atoms with E-state index in [2.05, 4.69) is 32.4 Å². The first kappa shape index (κ1) is 12.8. The minimum Gasteiger partial charge on any atom is -0.315 e. The molecule has 2 heterocycles. The molecule has 3 rings (SSSR count). The molecule has 0 saturated heterocycles. The SMILES string of the molecule is CN1C(=O)CCc2cc(-c3csc(CBr)n3)ccc21. The number of aromatic nitrogens is 1. The molecule has 5 heteroatoms. The fourth-order valence-electron chi connectivity index (χ4n) is 2.32. The first-order chi connectivity index (χ1) is 9.19. The van der Waals surface area contributed by atoms with Gasteiger partial charge in [0.25, 0.3) is 0 Å². The molecular formula is C14H13BrN2OS. The number of amides is 1. The number of halogens is 1. The van der Waals surface area contributed by atoms with E-state index in [-0.39, 0.29) is 5.91 Å². The first-order valence-corrected chi connectivity index (χ1v) is 8.09. The average molecular weight is 337 g/mol. The molecule has 0 aliphatic carbocycles. The van der Waals surface area contributed by atoms with Crippen LogP contribution in [0, 0.1) is 0 Å². The minimum absolute atomic E-state index is 0.190. The number of anilines is 1. The second-order valence-corrected chi connectivity index (χ2v) is 6.06. The highest BCUT2D eigenvalue weighted by molar-refractivity contribution is 9.08. The third kappa shape index (κ3) is 2.32. The van der Waals surface area contributed by atoms with Gasteiger partial charge >= 0.3 is 0 Å². The Morgan fingerprint density at radius 3 is 3.00 bits per heavy atom. The van der Waals surface area contributed by atoms with E-state index in [1.54, 1.807) is 16.2 Å². The van der Waals surface area contributed by atoms with Crippen molar-refractivity contribution in [2.75, 3.05) is 11.9 Å². The number of carbonyl (C=O) groups is 1. The van der Waals surface area contributed by atoms with Gasteiger partial charge in [-0.25, -0.2) is 4.98 Å². The Bertz CT molecular complexity index is 638. The summed E-state index contributed by atoms with van der Waals surface area (Å²) in [5.74, 6) is 0.190. The number of aryl methyl sites for hydroxylation is 1. The predicted octanol–water partition coefficient (Wildman–Crippen LogP) is 3.61. The number of benzene rings is 1. The van der Waals surface area contributed by atoms with Crippen LogP contribution in [0.2, 0.25) is 0 Å². The van der Waals surface area contributed by atoms with Crippen LogP contribution in [0.5, 0.6) is 0 Å². The highest BCUT2D eigenvalue weighted by Gasteiger charge is 2.21. The number of rotatable bonds is 2. The maximum atomic E-state index is 11.7. The van der Waals surface area contributed by atoms with Crippen molar-refractivity contribution in [2.45, 2.75) is 18.2 Å². The standard InChI is InChI=1S/C14H13BrN2OS/c1-17-12-4-2-9(6-10(12)3-5-14(17)18)11-8-19-13(7-15)16-11/h2,4,6,8H,3,5,7H2,1H3. The van der Waals surface area contributed by atoms with Crippen molar-refractivity contribution in [3.05, 3.63) is 34.2 Å². The zero-order valence-corrected chi connectivity index (χ0v) is 12.9. The topological polar surface area (TPSA) is 33.2 Å². The molecule has 0 unspecified atom stereocenters. The Morgan fingerprint density at radius 2 is 2.26 bits per heavy atom. The lowest BCUT2D eigenvalue weighted by Gasteiger charge is -2.26. The van der Waals surface area contributed by atoms with Gasteiger partial charge in [0, 0.05) is 30.1 Å². The summed E-state index contributed by atoms with van der Waals surface area (Å²) < 4.78 is 0. The Balaban J connectivity index is 1.99. The first-order valence-electron chi connectivity index (χ1n) is 6.09. The van der Waals surface area contributed by atoms with Crippen LogP contribution in [0.1, 0.15) is 17.0 Å². The Labute approximate surface area is 124 Å². The van der Waals surface area contributed by atoms with Crippen molar-refractivity contribution in [3.63, 3.8) is 0 Å². The van der Waals surface area contributed by atoms with Crippen LogP contribution in [-0.4, -0.2) is 17.9 Å². The average Bonchev–Trinajstić information content (AvgIpc) is 2.91. The molecule has 0 N–H and O–H groups in total. The summed E-state index contributed by atoms with van der Waals surface area (Å²) in [6.45, 7) is 0. The van der Waals surface area contributed by atoms with Crippen molar-refractivity contribution >= 4 is 38.9 Å². The van der Waals surface area contributed by atoms with Crippen LogP contribution in [0.4, 0.5) is 5.69 Å². The highest BCUT2D eigenvalue weighted by atomic mass is 79.9. The van der Waals surface area contributed by atoms with Crippen LogP contribution in [0.3, 0.4) is 0 Å². The van der Waals surface area contributed by atoms with E-state index in [4.69, 9.17) is 0 Å². The molecule has 1 aliphatic rings. The number of alkyl halides is 1. The van der Waals surface area contributed by atoms with Gasteiger partial charge in [-0.3, -0.25) is 4.79 Å². The molecular weight excluding hydrogens is 324 g/mol. The number of hydrogen-bond donors (Lipinski definition) is 0. The van der Waals surface area contributed by atoms with Gasteiger partial charge in [0.1, 0.15) is 5.01 Å². The number of carbonyl (C=O) groups excluding carboxylic acids is 1. The number of nitrogens with zero attached hydrogens (tertiary/aromatic N) is 2. The highest BCUT2D eigenvalue weighted by Crippen LogP contribution is 2.31. The van der Waals surface area contributed by atoms with Crippen LogP contribution >= 0.6 is 27.3 Å². The van der Waals surface area contributed by atoms with Gasteiger partial charge in [-0.05, 0) is 24.1 Å². The molecule has 2 aromatic rings. The van der Waals surface area contributed by atoms with Gasteiger partial charge < -0.3 is 4.90 Å². The second kappa shape index (κ2) is 5.06. The molecule has 19 heavy (non-hydrogen) atoms. The zero-order valence-electron chi connectivity index (χ0n) is 10.5. The molecule has 1 aromatic heterocycles. The molecule has 3 nitrogen and oxygen atoms in total. The second-order valence-electron chi connectivity index (χ2n) is 4.56. The summed E-state index contributed by atoms with van der Waals surface area (Å²) in [5.41, 5.74) is 4.40. The molecule has 0 spiro atoms. The van der Waals surface area contributed by atoms with Gasteiger partial charge in [-0.15, -0.1) is 11.3 Å². The van der Waals surface area contributed by atoms with Crippen LogP contribution in [0.25, 0.3) is 11.3 Å². The fraction of sp³-hybridized carbons (Fsp3) is 0.286. The van der Waals surface area contributed by atoms with Gasteiger partial charge in [0.2, 0.25) is 5.91 Å². The lowest BCUT2D eigenvalue weighted by atomic mass is 9.98. The summed E-state index contributed by atoms with van der Waals surface area (Å²) in [4.78, 5) is 18.0. The number of thiazole rings is 1. The molecule has 0 bridgehead atoms. The molecule has 0 saturated carbocycles. The smallest absolute Gasteiger partial charge is 0.227 e. The van der Waals surface area contributed by atoms with Crippen molar-refractivity contribution in [2.24, 2.45) is 0 Å². The summed E-state index contributed by atoms with van der Waals surface area (Å²) in [6.07, 6.45) is 1.42. The summed E-state index contributed by atoms with van der Waals surface area (Å²) in [5, 5.41) is 3.95. The molecule has 1 aliphatic heterocycles. The van der Waals surface area contributed by atoms with E-state index in [9.17, 15) is 4.79 Å². The molecule has 1 aromatic carbocycles. The lowest BCUT2D eigenvalue weighted by molar-refractivity contribution is -0.118. The van der Waals surface area contributed by atoms with Crippen molar-refractivity contribution in [1.82, 2.24) is 4.98 Å². The van der Waals surface area contributed by atoms with E-state index in [0.29, 0.717) is 6.42 Å². The maximum absolute atomic E-state index is 11.7. The minimum atomic E-state index is 0.190. The number of fused-ring (bicyclic) bond motifs is 1. The van der Waals surface area contributed by atoms with Crippen LogP contribution in [0.15, 0.2) is 23.6 Å². The maximum Gasteiger partial charge on any atom is 0.227 e. The third-order valence-corrected chi connectivity index (χ3v) is 5.14. The van der Waals surface area contributed by atoms with E-state index < -0.39 is 0 Å². The van der Waals surface area contributed by atoms with Crippen molar-refractivity contribution in [1.29, 1.82) is 0 Å². The largest absolute Gasteiger partial charge is 0.315 e. The van der Waals surface area contributed by atoms with Crippen LogP contribution < -0.4 is 4.90 Å². The Kier molecular flexibility index (Phi) is 3.41. The van der Waals surface area contributed by atoms with Gasteiger partial charge in [-0.2, -0.15) is 0 Å². The van der Waals surface area contributed by atoms with E-state index in [1.807, 2.05) is 19.2 Å². The zero-order chi connectivity index (χ0) is 13.4. The molecule has 98 valence electrons. The molecule has 0 radical (unpaired) electrons. The van der Waals surface area contributed by atoms with E-state index >= 15 is 0 Å². The summed E-state index contributed by atoms with van der Waals surface area (Å²) in [7, 11) is 1.84. The monoisotopic (exact) mass is 336 g/mol. The van der Waals surface area contributed by atoms with Gasteiger partial charge in [0.15, 0.2) is 0 Å².